The second-order valence-corrected chi connectivity index (χ2v) is 5.36. The molecule has 0 bridgehead atoms. The van der Waals surface area contributed by atoms with Gasteiger partial charge in [-0.1, -0.05) is 24.1 Å². The summed E-state index contributed by atoms with van der Waals surface area (Å²) in [4.78, 5) is 0. The van der Waals surface area contributed by atoms with Crippen molar-refractivity contribution in [3.63, 3.8) is 0 Å². The van der Waals surface area contributed by atoms with Crippen LogP contribution in [0, 0.1) is 0 Å². The molecular formula is C16H20N2O3. The van der Waals surface area contributed by atoms with Gasteiger partial charge in [0, 0.05) is 5.92 Å². The van der Waals surface area contributed by atoms with Crippen LogP contribution in [0.5, 0.6) is 11.5 Å². The van der Waals surface area contributed by atoms with E-state index in [4.69, 9.17) is 19.7 Å². The van der Waals surface area contributed by atoms with Crippen LogP contribution in [-0.2, 0) is 0 Å². The Labute approximate surface area is 124 Å². The zero-order valence-corrected chi connectivity index (χ0v) is 12.4. The van der Waals surface area contributed by atoms with Gasteiger partial charge in [0.2, 0.25) is 5.88 Å². The van der Waals surface area contributed by atoms with E-state index < -0.39 is 0 Å². The molecule has 21 heavy (non-hydrogen) atoms. The molecule has 3 rings (SSSR count). The summed E-state index contributed by atoms with van der Waals surface area (Å²) in [6.45, 7) is 0. The molecule has 1 fully saturated rings. The number of nitrogens with zero attached hydrogens (tertiary/aromatic N) is 1. The Morgan fingerprint density at radius 2 is 1.86 bits per heavy atom. The number of hydrogen-bond donors (Lipinski definition) is 1. The van der Waals surface area contributed by atoms with Crippen LogP contribution < -0.4 is 15.2 Å². The molecule has 5 nitrogen and oxygen atoms in total. The lowest BCUT2D eigenvalue weighted by atomic mass is 9.95. The summed E-state index contributed by atoms with van der Waals surface area (Å²) in [6.07, 6.45) is 4.77. The van der Waals surface area contributed by atoms with E-state index in [-0.39, 0.29) is 0 Å². The fourth-order valence-corrected chi connectivity index (χ4v) is 3.08. The topological polar surface area (TPSA) is 70.5 Å². The number of ether oxygens (including phenoxy) is 2. The van der Waals surface area contributed by atoms with Gasteiger partial charge in [-0.3, -0.25) is 0 Å². The molecule has 2 N–H and O–H groups in total. The second-order valence-electron chi connectivity index (χ2n) is 5.36. The summed E-state index contributed by atoms with van der Waals surface area (Å²) in [6, 6.07) is 5.75. The molecule has 1 aliphatic rings. The van der Waals surface area contributed by atoms with Gasteiger partial charge < -0.3 is 19.7 Å². The largest absolute Gasteiger partial charge is 0.493 e. The lowest BCUT2D eigenvalue weighted by Crippen LogP contribution is -1.97. The summed E-state index contributed by atoms with van der Waals surface area (Å²) in [7, 11) is 3.24. The maximum Gasteiger partial charge on any atom is 0.230 e. The first-order chi connectivity index (χ1) is 10.2. The zero-order valence-electron chi connectivity index (χ0n) is 12.4. The van der Waals surface area contributed by atoms with Gasteiger partial charge in [-0.2, -0.15) is 0 Å². The van der Waals surface area contributed by atoms with E-state index in [0.29, 0.717) is 23.3 Å². The molecule has 1 heterocycles. The number of aromatic nitrogens is 1. The molecule has 0 saturated heterocycles. The molecule has 0 amide bonds. The van der Waals surface area contributed by atoms with Crippen LogP contribution >= 0.6 is 0 Å². The minimum absolute atomic E-state index is 0.365. The minimum atomic E-state index is 0.365. The van der Waals surface area contributed by atoms with Crippen LogP contribution in [0.25, 0.3) is 11.1 Å². The molecule has 5 heteroatoms. The van der Waals surface area contributed by atoms with Crippen molar-refractivity contribution in [2.45, 2.75) is 31.6 Å². The van der Waals surface area contributed by atoms with Gasteiger partial charge in [0.1, 0.15) is 0 Å². The van der Waals surface area contributed by atoms with E-state index in [1.165, 1.54) is 12.8 Å². The molecular weight excluding hydrogens is 268 g/mol. The zero-order chi connectivity index (χ0) is 14.8. The van der Waals surface area contributed by atoms with Crippen molar-refractivity contribution in [2.24, 2.45) is 0 Å². The average Bonchev–Trinajstić information content (AvgIpc) is 3.15. The molecule has 1 aromatic carbocycles. The van der Waals surface area contributed by atoms with Gasteiger partial charge in [0.05, 0.1) is 25.5 Å². The highest BCUT2D eigenvalue weighted by molar-refractivity contribution is 5.77. The predicted octanol–water partition coefficient (Wildman–Crippen LogP) is 3.60. The lowest BCUT2D eigenvalue weighted by molar-refractivity contribution is 0.355. The van der Waals surface area contributed by atoms with E-state index >= 15 is 0 Å². The van der Waals surface area contributed by atoms with Crippen molar-refractivity contribution in [1.29, 1.82) is 0 Å². The third kappa shape index (κ3) is 2.44. The van der Waals surface area contributed by atoms with Crippen LogP contribution in [0.15, 0.2) is 22.7 Å². The Kier molecular flexibility index (Phi) is 3.73. The van der Waals surface area contributed by atoms with Crippen molar-refractivity contribution in [1.82, 2.24) is 5.16 Å². The van der Waals surface area contributed by atoms with Gasteiger partial charge in [-0.25, -0.2) is 0 Å². The molecule has 112 valence electrons. The van der Waals surface area contributed by atoms with Crippen molar-refractivity contribution >= 4 is 5.88 Å². The van der Waals surface area contributed by atoms with Crippen molar-refractivity contribution in [3.05, 3.63) is 23.9 Å². The van der Waals surface area contributed by atoms with Gasteiger partial charge in [-0.15, -0.1) is 0 Å². The quantitative estimate of drug-likeness (QED) is 0.930. The number of nitrogens with two attached hydrogens (primary N) is 1. The van der Waals surface area contributed by atoms with Gasteiger partial charge in [0.15, 0.2) is 11.5 Å². The Balaban J connectivity index is 2.05. The average molecular weight is 288 g/mol. The van der Waals surface area contributed by atoms with E-state index in [1.54, 1.807) is 14.2 Å². The highest BCUT2D eigenvalue weighted by atomic mass is 16.5. The van der Waals surface area contributed by atoms with E-state index in [9.17, 15) is 0 Å². The smallest absolute Gasteiger partial charge is 0.230 e. The van der Waals surface area contributed by atoms with Crippen molar-refractivity contribution in [2.75, 3.05) is 20.0 Å². The van der Waals surface area contributed by atoms with Crippen LogP contribution in [0.3, 0.4) is 0 Å². The summed E-state index contributed by atoms with van der Waals surface area (Å²) < 4.78 is 15.9. The van der Waals surface area contributed by atoms with E-state index in [2.05, 4.69) is 5.16 Å². The maximum atomic E-state index is 6.00. The molecule has 0 aliphatic heterocycles. The fraction of sp³-hybridized carbons (Fsp3) is 0.438. The summed E-state index contributed by atoms with van der Waals surface area (Å²) >= 11 is 0. The number of rotatable bonds is 4. The van der Waals surface area contributed by atoms with Crippen molar-refractivity contribution < 1.29 is 14.0 Å². The molecule has 0 radical (unpaired) electrons. The standard InChI is InChI=1S/C16H20N2O3/c1-19-12-8-7-11(9-13(12)20-2)14-15(18-21-16(14)17)10-5-3-4-6-10/h7-10H,3-6,17H2,1-2H3. The van der Waals surface area contributed by atoms with Crippen molar-refractivity contribution in [3.8, 4) is 22.6 Å². The molecule has 0 unspecified atom stereocenters. The van der Waals surface area contributed by atoms with Gasteiger partial charge in [-0.05, 0) is 30.5 Å². The van der Waals surface area contributed by atoms with Crippen LogP contribution in [0.1, 0.15) is 37.3 Å². The molecule has 1 aromatic heterocycles. The normalized spacial score (nSPS) is 15.3. The number of anilines is 1. The third-order valence-corrected chi connectivity index (χ3v) is 4.16. The molecule has 2 aromatic rings. The summed E-state index contributed by atoms with van der Waals surface area (Å²) in [5.74, 6) is 2.17. The first-order valence-corrected chi connectivity index (χ1v) is 7.22. The van der Waals surface area contributed by atoms with Crippen LogP contribution in [0.4, 0.5) is 5.88 Å². The second kappa shape index (κ2) is 5.68. The highest BCUT2D eigenvalue weighted by Crippen LogP contribution is 2.43. The number of benzene rings is 1. The van der Waals surface area contributed by atoms with Crippen LogP contribution in [-0.4, -0.2) is 19.4 Å². The molecule has 1 aliphatic carbocycles. The monoisotopic (exact) mass is 288 g/mol. The fourth-order valence-electron chi connectivity index (χ4n) is 3.08. The molecule has 1 saturated carbocycles. The SMILES string of the molecule is COc1ccc(-c2c(C3CCCC3)noc2N)cc1OC. The van der Waals surface area contributed by atoms with Crippen LogP contribution in [0.2, 0.25) is 0 Å². The molecule has 0 spiro atoms. The Morgan fingerprint density at radius 1 is 1.14 bits per heavy atom. The molecule has 0 atom stereocenters. The van der Waals surface area contributed by atoms with E-state index in [1.807, 2.05) is 18.2 Å². The maximum absolute atomic E-state index is 6.00. The number of nitrogen functional groups attached to an aromatic ring is 1. The van der Waals surface area contributed by atoms with E-state index in [0.717, 1.165) is 29.7 Å². The minimum Gasteiger partial charge on any atom is -0.493 e. The summed E-state index contributed by atoms with van der Waals surface area (Å²) in [5, 5.41) is 4.20. The van der Waals surface area contributed by atoms with Gasteiger partial charge in [0.25, 0.3) is 0 Å². The predicted molar refractivity (Wildman–Crippen MR) is 80.7 cm³/mol. The summed E-state index contributed by atoms with van der Waals surface area (Å²) in [5.41, 5.74) is 8.82. The number of hydrogen-bond acceptors (Lipinski definition) is 5. The first-order valence-electron chi connectivity index (χ1n) is 7.22. The van der Waals surface area contributed by atoms with Gasteiger partial charge >= 0.3 is 0 Å². The highest BCUT2D eigenvalue weighted by Gasteiger charge is 2.26. The first kappa shape index (κ1) is 13.8. The Hall–Kier alpha value is -2.17. The third-order valence-electron chi connectivity index (χ3n) is 4.16. The lowest BCUT2D eigenvalue weighted by Gasteiger charge is -2.11. The number of methoxy groups -OCH3 is 2. The Morgan fingerprint density at radius 3 is 2.52 bits per heavy atom. The Bertz CT molecular complexity index is 630.